The molecule has 1 fully saturated rings. The first-order chi connectivity index (χ1) is 10.3. The van der Waals surface area contributed by atoms with E-state index in [0.717, 1.165) is 6.07 Å². The van der Waals surface area contributed by atoms with E-state index < -0.39 is 23.8 Å². The molecule has 2 N–H and O–H groups in total. The number of β-amino-alcohol motifs (C(OH)–C–C–N with tert-alkyl or cyclic N) is 1. The van der Waals surface area contributed by atoms with Gasteiger partial charge in [0.2, 0.25) is 0 Å². The number of fused-ring (bicyclic) bond motifs is 1. The fourth-order valence-electron chi connectivity index (χ4n) is 2.69. The van der Waals surface area contributed by atoms with Crippen LogP contribution in [0.3, 0.4) is 0 Å². The van der Waals surface area contributed by atoms with Crippen LogP contribution in [0.5, 0.6) is 0 Å². The number of aromatic nitrogens is 2. The maximum Gasteiger partial charge on any atom is 0.418 e. The number of aliphatic hydroxyl groups is 1. The van der Waals surface area contributed by atoms with Crippen LogP contribution in [0.2, 0.25) is 0 Å². The number of carbonyl (C=O) groups excluding carboxylic acids is 1. The van der Waals surface area contributed by atoms with Crippen molar-refractivity contribution in [2.45, 2.75) is 25.6 Å². The number of imidazole rings is 1. The van der Waals surface area contributed by atoms with Crippen molar-refractivity contribution in [3.8, 4) is 0 Å². The first-order valence-corrected chi connectivity index (χ1v) is 6.80. The Morgan fingerprint density at radius 3 is 2.77 bits per heavy atom. The maximum atomic E-state index is 13.2. The lowest BCUT2D eigenvalue weighted by Gasteiger charge is -2.17. The minimum atomic E-state index is -4.60. The molecule has 1 aromatic carbocycles. The van der Waals surface area contributed by atoms with Gasteiger partial charge in [-0.1, -0.05) is 0 Å². The number of amides is 1. The van der Waals surface area contributed by atoms with Gasteiger partial charge >= 0.3 is 6.18 Å². The lowest BCUT2D eigenvalue weighted by molar-refractivity contribution is -0.136. The van der Waals surface area contributed by atoms with Crippen LogP contribution in [0.1, 0.15) is 28.2 Å². The Morgan fingerprint density at radius 1 is 1.45 bits per heavy atom. The number of aliphatic hydroxyl groups excluding tert-OH is 1. The predicted molar refractivity (Wildman–Crippen MR) is 72.4 cm³/mol. The molecule has 1 saturated heterocycles. The van der Waals surface area contributed by atoms with Crippen molar-refractivity contribution in [3.05, 3.63) is 29.1 Å². The summed E-state index contributed by atoms with van der Waals surface area (Å²) in [6.07, 6.45) is -4.78. The van der Waals surface area contributed by atoms with Crippen LogP contribution in [-0.2, 0) is 6.18 Å². The topological polar surface area (TPSA) is 69.2 Å². The minimum absolute atomic E-state index is 0.0578. The first-order valence-electron chi connectivity index (χ1n) is 6.80. The highest BCUT2D eigenvalue weighted by molar-refractivity contribution is 5.98. The zero-order valence-electron chi connectivity index (χ0n) is 11.7. The number of aromatic amines is 1. The molecule has 2 heterocycles. The van der Waals surface area contributed by atoms with Gasteiger partial charge in [0, 0.05) is 18.7 Å². The summed E-state index contributed by atoms with van der Waals surface area (Å²) >= 11 is 0. The normalized spacial score (nSPS) is 19.1. The molecule has 118 valence electrons. The highest BCUT2D eigenvalue weighted by Crippen LogP contribution is 2.35. The number of H-pyrrole nitrogens is 1. The Balaban J connectivity index is 2.09. The Labute approximate surface area is 123 Å². The number of hydrogen-bond donors (Lipinski definition) is 2. The van der Waals surface area contributed by atoms with Gasteiger partial charge in [-0.2, -0.15) is 13.2 Å². The van der Waals surface area contributed by atoms with Crippen molar-refractivity contribution in [2.24, 2.45) is 0 Å². The molecule has 8 heteroatoms. The molecule has 0 saturated carbocycles. The van der Waals surface area contributed by atoms with Gasteiger partial charge in [-0.3, -0.25) is 4.79 Å². The van der Waals surface area contributed by atoms with Gasteiger partial charge in [-0.05, 0) is 25.5 Å². The third-order valence-electron chi connectivity index (χ3n) is 3.71. The third-order valence-corrected chi connectivity index (χ3v) is 3.71. The van der Waals surface area contributed by atoms with E-state index in [-0.39, 0.29) is 23.1 Å². The van der Waals surface area contributed by atoms with E-state index in [1.54, 1.807) is 6.92 Å². The van der Waals surface area contributed by atoms with Gasteiger partial charge in [0.05, 0.1) is 17.2 Å². The van der Waals surface area contributed by atoms with E-state index in [9.17, 15) is 23.1 Å². The number of carbonyl (C=O) groups is 1. The van der Waals surface area contributed by atoms with E-state index in [2.05, 4.69) is 9.97 Å². The van der Waals surface area contributed by atoms with Crippen LogP contribution in [0.4, 0.5) is 13.2 Å². The highest BCUT2D eigenvalue weighted by Gasteiger charge is 2.36. The number of benzene rings is 1. The van der Waals surface area contributed by atoms with Crippen LogP contribution in [0, 0.1) is 6.92 Å². The number of hydrogen-bond acceptors (Lipinski definition) is 3. The van der Waals surface area contributed by atoms with Gasteiger partial charge in [-0.25, -0.2) is 4.98 Å². The van der Waals surface area contributed by atoms with E-state index >= 15 is 0 Å². The lowest BCUT2D eigenvalue weighted by Crippen LogP contribution is -2.29. The summed E-state index contributed by atoms with van der Waals surface area (Å²) in [5.74, 6) is -0.169. The zero-order valence-corrected chi connectivity index (χ0v) is 11.7. The smallest absolute Gasteiger partial charge is 0.391 e. The number of aryl methyl sites for hydroxylation is 1. The summed E-state index contributed by atoms with van der Waals surface area (Å²) in [7, 11) is 0. The Morgan fingerprint density at radius 2 is 2.18 bits per heavy atom. The average molecular weight is 313 g/mol. The standard InChI is InChI=1S/C14H14F3N3O2/c1-7-18-11-5-8(13(22)20-3-2-9(21)6-20)4-10(12(11)19-7)14(15,16)17/h4-5,9,21H,2-3,6H2,1H3,(H,18,19)/t9-/m0/s1. The third kappa shape index (κ3) is 2.54. The van der Waals surface area contributed by atoms with Gasteiger partial charge in [0.25, 0.3) is 5.91 Å². The summed E-state index contributed by atoms with van der Waals surface area (Å²) in [6, 6.07) is 2.20. The number of alkyl halides is 3. The fourth-order valence-corrected chi connectivity index (χ4v) is 2.69. The predicted octanol–water partition coefficient (Wildman–Crippen LogP) is 2.10. The Hall–Kier alpha value is -2.09. The number of likely N-dealkylation sites (tertiary alicyclic amines) is 1. The molecule has 2 aromatic rings. The molecular formula is C14H14F3N3O2. The number of nitrogens with zero attached hydrogens (tertiary/aromatic N) is 2. The summed E-state index contributed by atoms with van der Waals surface area (Å²) in [6.45, 7) is 2.03. The van der Waals surface area contributed by atoms with Crippen LogP contribution >= 0.6 is 0 Å². The van der Waals surface area contributed by atoms with Gasteiger partial charge in [-0.15, -0.1) is 0 Å². The second-order valence-electron chi connectivity index (χ2n) is 5.43. The van der Waals surface area contributed by atoms with Gasteiger partial charge in [0.15, 0.2) is 0 Å². The highest BCUT2D eigenvalue weighted by atomic mass is 19.4. The largest absolute Gasteiger partial charge is 0.418 e. The van der Waals surface area contributed by atoms with Crippen molar-refractivity contribution >= 4 is 16.9 Å². The molecule has 1 atom stereocenters. The SMILES string of the molecule is Cc1nc2c(C(F)(F)F)cc(C(=O)N3CC[C@H](O)C3)cc2[nH]1. The van der Waals surface area contributed by atoms with Gasteiger partial charge in [0.1, 0.15) is 11.3 Å². The van der Waals surface area contributed by atoms with E-state index in [1.165, 1.54) is 11.0 Å². The van der Waals surface area contributed by atoms with E-state index in [1.807, 2.05) is 0 Å². The molecule has 0 unspecified atom stereocenters. The molecule has 1 amide bonds. The van der Waals surface area contributed by atoms with Crippen molar-refractivity contribution < 1.29 is 23.1 Å². The van der Waals surface area contributed by atoms with Crippen LogP contribution < -0.4 is 0 Å². The number of rotatable bonds is 1. The number of nitrogens with one attached hydrogen (secondary N) is 1. The first kappa shape index (κ1) is 14.8. The molecule has 1 aliphatic rings. The average Bonchev–Trinajstić information content (AvgIpc) is 3.00. The molecule has 0 bridgehead atoms. The summed E-state index contributed by atoms with van der Waals surface area (Å²) in [5, 5.41) is 9.46. The fraction of sp³-hybridized carbons (Fsp3) is 0.429. The van der Waals surface area contributed by atoms with Crippen molar-refractivity contribution in [1.29, 1.82) is 0 Å². The van der Waals surface area contributed by atoms with Gasteiger partial charge < -0.3 is 15.0 Å². The molecule has 5 nitrogen and oxygen atoms in total. The molecular weight excluding hydrogens is 299 g/mol. The maximum absolute atomic E-state index is 13.2. The number of halogens is 3. The molecule has 22 heavy (non-hydrogen) atoms. The molecule has 0 spiro atoms. The second kappa shape index (κ2) is 4.98. The summed E-state index contributed by atoms with van der Waals surface area (Å²) < 4.78 is 39.6. The van der Waals surface area contributed by atoms with Crippen molar-refractivity contribution in [3.63, 3.8) is 0 Å². The van der Waals surface area contributed by atoms with Crippen LogP contribution in [0.25, 0.3) is 11.0 Å². The summed E-state index contributed by atoms with van der Waals surface area (Å²) in [5.41, 5.74) is -1.01. The molecule has 1 aromatic heterocycles. The van der Waals surface area contributed by atoms with Crippen molar-refractivity contribution in [2.75, 3.05) is 13.1 Å². The van der Waals surface area contributed by atoms with Crippen molar-refractivity contribution in [1.82, 2.24) is 14.9 Å². The molecule has 0 radical (unpaired) electrons. The summed E-state index contributed by atoms with van der Waals surface area (Å²) in [4.78, 5) is 20.3. The molecule has 3 rings (SSSR count). The Kier molecular flexibility index (Phi) is 3.36. The molecule has 1 aliphatic heterocycles. The minimum Gasteiger partial charge on any atom is -0.391 e. The monoisotopic (exact) mass is 313 g/mol. The van der Waals surface area contributed by atoms with E-state index in [0.29, 0.717) is 18.8 Å². The quantitative estimate of drug-likeness (QED) is 0.847. The second-order valence-corrected chi connectivity index (χ2v) is 5.43. The molecule has 0 aliphatic carbocycles. The zero-order chi connectivity index (χ0) is 16.1. The Bertz CT molecular complexity index is 739. The van der Waals surface area contributed by atoms with Crippen LogP contribution in [-0.4, -0.2) is 45.1 Å². The lowest BCUT2D eigenvalue weighted by atomic mass is 10.1. The van der Waals surface area contributed by atoms with E-state index in [4.69, 9.17) is 0 Å². The van der Waals surface area contributed by atoms with Crippen LogP contribution in [0.15, 0.2) is 12.1 Å².